The van der Waals surface area contributed by atoms with Crippen LogP contribution >= 0.6 is 0 Å². The molecule has 0 saturated carbocycles. The molecule has 0 unspecified atom stereocenters. The van der Waals surface area contributed by atoms with Crippen molar-refractivity contribution >= 4 is 44.6 Å². The maximum atomic E-state index is 8.04. The van der Waals surface area contributed by atoms with E-state index in [-0.39, 0.29) is 11.0 Å². The van der Waals surface area contributed by atoms with E-state index in [9.17, 15) is 0 Å². The number of aryl methyl sites for hydroxylation is 1. The Labute approximate surface area is 336 Å². The molecular formula is C52H40N4O. The van der Waals surface area contributed by atoms with Crippen LogP contribution in [0.3, 0.4) is 0 Å². The SMILES string of the molecule is [2H]C([2H])([2H])c1ccnc(-n2c3ccccc3c3ccc(Oc4cccc(N5CN(c6c(-c7ccccc7)ccc7c6-c6ccccc6C7(C)C)c6ccccc65)c4)cc32)c1. The van der Waals surface area contributed by atoms with Crippen LogP contribution in [0.15, 0.2) is 176 Å². The van der Waals surface area contributed by atoms with Gasteiger partial charge in [0.15, 0.2) is 0 Å². The Morgan fingerprint density at radius 3 is 2.23 bits per heavy atom. The van der Waals surface area contributed by atoms with Crippen LogP contribution in [-0.2, 0) is 5.41 Å². The second kappa shape index (κ2) is 12.7. The number of hydrogen-bond acceptors (Lipinski definition) is 4. The van der Waals surface area contributed by atoms with Crippen molar-refractivity contribution in [3.05, 3.63) is 193 Å². The fraction of sp³-hybridized carbons (Fsp3) is 0.0962. The van der Waals surface area contributed by atoms with Gasteiger partial charge in [-0.25, -0.2) is 4.98 Å². The van der Waals surface area contributed by atoms with Crippen molar-refractivity contribution in [3.63, 3.8) is 0 Å². The lowest BCUT2D eigenvalue weighted by atomic mass is 9.82. The molecule has 2 aliphatic rings. The minimum atomic E-state index is -2.25. The van der Waals surface area contributed by atoms with Gasteiger partial charge in [0.2, 0.25) is 0 Å². The molecule has 5 nitrogen and oxygen atoms in total. The first-order chi connectivity index (χ1) is 29.1. The summed E-state index contributed by atoms with van der Waals surface area (Å²) in [5, 5.41) is 2.07. The van der Waals surface area contributed by atoms with Gasteiger partial charge in [-0.1, -0.05) is 117 Å². The molecule has 57 heavy (non-hydrogen) atoms. The molecule has 274 valence electrons. The predicted molar refractivity (Wildman–Crippen MR) is 235 cm³/mol. The van der Waals surface area contributed by atoms with Gasteiger partial charge in [-0.3, -0.25) is 4.57 Å². The van der Waals surface area contributed by atoms with Crippen molar-refractivity contribution < 1.29 is 8.85 Å². The number of benzene rings is 7. The maximum absolute atomic E-state index is 8.04. The molecule has 11 rings (SSSR count). The zero-order valence-corrected chi connectivity index (χ0v) is 31.6. The van der Waals surface area contributed by atoms with Crippen LogP contribution in [0.25, 0.3) is 49.9 Å². The van der Waals surface area contributed by atoms with Gasteiger partial charge in [0.05, 0.1) is 28.1 Å². The molecule has 7 aromatic carbocycles. The lowest BCUT2D eigenvalue weighted by Crippen LogP contribution is -2.25. The Morgan fingerprint density at radius 2 is 1.35 bits per heavy atom. The fourth-order valence-corrected chi connectivity index (χ4v) is 9.19. The molecule has 1 aliphatic heterocycles. The summed E-state index contributed by atoms with van der Waals surface area (Å²) in [7, 11) is 0. The number of fused-ring (bicyclic) bond motifs is 7. The highest BCUT2D eigenvalue weighted by molar-refractivity contribution is 6.09. The van der Waals surface area contributed by atoms with E-state index < -0.39 is 6.85 Å². The number of para-hydroxylation sites is 3. The predicted octanol–water partition coefficient (Wildman–Crippen LogP) is 13.5. The number of ether oxygens (including phenoxy) is 1. The Hall–Kier alpha value is -7.11. The van der Waals surface area contributed by atoms with E-state index in [4.69, 9.17) is 8.85 Å². The summed E-state index contributed by atoms with van der Waals surface area (Å²) in [6, 6.07) is 58.6. The van der Waals surface area contributed by atoms with Crippen LogP contribution in [0.5, 0.6) is 11.5 Å². The quantitative estimate of drug-likeness (QED) is 0.170. The highest BCUT2D eigenvalue weighted by Gasteiger charge is 2.40. The second-order valence-electron chi connectivity index (χ2n) is 15.4. The van der Waals surface area contributed by atoms with Crippen molar-refractivity contribution in [2.24, 2.45) is 0 Å². The van der Waals surface area contributed by atoms with Crippen LogP contribution in [0.4, 0.5) is 22.7 Å². The molecule has 0 saturated heterocycles. The minimum absolute atomic E-state index is 0.143. The normalized spacial score (nSPS) is 14.9. The molecule has 0 spiro atoms. The number of pyridine rings is 1. The Kier molecular flexibility index (Phi) is 6.73. The van der Waals surface area contributed by atoms with Gasteiger partial charge in [0.1, 0.15) is 24.0 Å². The third kappa shape index (κ3) is 5.19. The van der Waals surface area contributed by atoms with E-state index in [0.29, 0.717) is 24.0 Å². The molecular weight excluding hydrogens is 697 g/mol. The summed E-state index contributed by atoms with van der Waals surface area (Å²) in [6.07, 6.45) is 1.56. The molecule has 0 atom stereocenters. The van der Waals surface area contributed by atoms with Crippen molar-refractivity contribution in [1.82, 2.24) is 9.55 Å². The molecule has 1 aliphatic carbocycles. The third-order valence-electron chi connectivity index (χ3n) is 11.8. The van der Waals surface area contributed by atoms with E-state index in [1.807, 2.05) is 47.0 Å². The van der Waals surface area contributed by atoms with E-state index in [1.54, 1.807) is 18.3 Å². The molecule has 5 heteroatoms. The average molecular weight is 740 g/mol. The molecule has 0 bridgehead atoms. The average Bonchev–Trinajstić information content (AvgIpc) is 3.89. The molecule has 2 aromatic heterocycles. The van der Waals surface area contributed by atoms with Crippen molar-refractivity contribution in [2.45, 2.75) is 26.1 Å². The number of aromatic nitrogens is 2. The summed E-state index contributed by atoms with van der Waals surface area (Å²) in [5.41, 5.74) is 14.0. The summed E-state index contributed by atoms with van der Waals surface area (Å²) < 4.78 is 32.8. The van der Waals surface area contributed by atoms with Crippen LogP contribution in [0.1, 0.15) is 34.7 Å². The van der Waals surface area contributed by atoms with Gasteiger partial charge in [-0.15, -0.1) is 0 Å². The van der Waals surface area contributed by atoms with Crippen LogP contribution in [-0.4, -0.2) is 16.2 Å². The lowest BCUT2D eigenvalue weighted by molar-refractivity contribution is 0.483. The van der Waals surface area contributed by atoms with Crippen LogP contribution in [0.2, 0.25) is 0 Å². The van der Waals surface area contributed by atoms with Gasteiger partial charge in [-0.05, 0) is 89.3 Å². The van der Waals surface area contributed by atoms with E-state index in [0.717, 1.165) is 38.9 Å². The molecule has 3 heterocycles. The fourth-order valence-electron chi connectivity index (χ4n) is 9.19. The van der Waals surface area contributed by atoms with Gasteiger partial charge in [0, 0.05) is 55.4 Å². The summed E-state index contributed by atoms with van der Waals surface area (Å²) >= 11 is 0. The molecule has 9 aromatic rings. The summed E-state index contributed by atoms with van der Waals surface area (Å²) in [6.45, 7) is 3.03. The monoisotopic (exact) mass is 739 g/mol. The van der Waals surface area contributed by atoms with E-state index >= 15 is 0 Å². The Balaban J connectivity index is 0.994. The van der Waals surface area contributed by atoms with Crippen molar-refractivity contribution in [3.8, 4) is 39.6 Å². The van der Waals surface area contributed by atoms with Crippen molar-refractivity contribution in [1.29, 1.82) is 0 Å². The molecule has 0 amide bonds. The van der Waals surface area contributed by atoms with Gasteiger partial charge < -0.3 is 14.5 Å². The number of anilines is 4. The second-order valence-corrected chi connectivity index (χ2v) is 15.4. The first-order valence-corrected chi connectivity index (χ1v) is 19.4. The topological polar surface area (TPSA) is 33.5 Å². The zero-order valence-electron chi connectivity index (χ0n) is 34.6. The number of nitrogens with zero attached hydrogens (tertiary/aromatic N) is 4. The molecule has 0 radical (unpaired) electrons. The number of hydrogen-bond donors (Lipinski definition) is 0. The maximum Gasteiger partial charge on any atom is 0.137 e. The lowest BCUT2D eigenvalue weighted by Gasteiger charge is -2.28. The smallest absolute Gasteiger partial charge is 0.137 e. The Bertz CT molecular complexity index is 3150. The Morgan fingerprint density at radius 1 is 0.596 bits per heavy atom. The van der Waals surface area contributed by atoms with Gasteiger partial charge in [0.25, 0.3) is 0 Å². The van der Waals surface area contributed by atoms with Gasteiger partial charge in [-0.2, -0.15) is 0 Å². The molecule has 0 N–H and O–H groups in total. The summed E-state index contributed by atoms with van der Waals surface area (Å²) in [5.74, 6) is 1.90. The van der Waals surface area contributed by atoms with Gasteiger partial charge >= 0.3 is 0 Å². The number of rotatable bonds is 6. The minimum Gasteiger partial charge on any atom is -0.457 e. The van der Waals surface area contributed by atoms with E-state index in [1.165, 1.54) is 39.1 Å². The third-order valence-corrected chi connectivity index (χ3v) is 11.8. The first kappa shape index (κ1) is 30.2. The van der Waals surface area contributed by atoms with E-state index in [2.05, 4.69) is 144 Å². The standard InChI is InChI=1S/C52H40N4O/c1-34-28-29-53-49(30-34)56-45-21-10-8-18-40(45)41-25-24-38(32-48(41)56)57-37-17-13-16-36(31-37)54-33-55(47-23-12-11-22-46(47)54)51-39(35-14-5-4-6-15-35)26-27-44-50(51)42-19-7-9-20-43(42)52(44,2)3/h4-32H,33H2,1-3H3/i1D3. The first-order valence-electron chi connectivity index (χ1n) is 20.9. The van der Waals surface area contributed by atoms with Crippen LogP contribution in [0, 0.1) is 6.85 Å². The van der Waals surface area contributed by atoms with Crippen LogP contribution < -0.4 is 14.5 Å². The summed E-state index contributed by atoms with van der Waals surface area (Å²) in [4.78, 5) is 9.49. The highest BCUT2D eigenvalue weighted by Crippen LogP contribution is 2.57. The largest absolute Gasteiger partial charge is 0.457 e. The van der Waals surface area contributed by atoms with Crippen molar-refractivity contribution in [2.75, 3.05) is 16.5 Å². The highest BCUT2D eigenvalue weighted by atomic mass is 16.5. The molecule has 0 fully saturated rings. The zero-order chi connectivity index (χ0) is 40.8.